The molecule has 0 spiro atoms. The third-order valence-electron chi connectivity index (χ3n) is 5.28. The number of para-hydroxylation sites is 2. The quantitative estimate of drug-likeness (QED) is 0.237. The summed E-state index contributed by atoms with van der Waals surface area (Å²) < 4.78 is 7.53. The molecule has 4 rings (SSSR count). The highest BCUT2D eigenvalue weighted by molar-refractivity contribution is 7.99. The van der Waals surface area contributed by atoms with Crippen molar-refractivity contribution in [2.45, 2.75) is 12.1 Å². The molecule has 0 aliphatic carbocycles. The average molecular weight is 471 g/mol. The Morgan fingerprint density at radius 2 is 1.74 bits per heavy atom. The maximum absolute atomic E-state index is 13.2. The molecule has 172 valence electrons. The van der Waals surface area contributed by atoms with E-state index in [2.05, 4.69) is 16.8 Å². The molecule has 0 saturated heterocycles. The Balaban J connectivity index is 1.68. The first-order chi connectivity index (χ1) is 16.6. The molecule has 6 nitrogen and oxygen atoms in total. The van der Waals surface area contributed by atoms with Crippen molar-refractivity contribution in [3.05, 3.63) is 97.1 Å². The van der Waals surface area contributed by atoms with Crippen LogP contribution < -0.4 is 9.64 Å². The first-order valence-electron chi connectivity index (χ1n) is 10.9. The first-order valence-corrected chi connectivity index (χ1v) is 11.9. The van der Waals surface area contributed by atoms with Crippen LogP contribution in [0.5, 0.6) is 5.75 Å². The van der Waals surface area contributed by atoms with Gasteiger partial charge in [-0.25, -0.2) is 0 Å². The van der Waals surface area contributed by atoms with Gasteiger partial charge in [-0.15, -0.1) is 16.8 Å². The summed E-state index contributed by atoms with van der Waals surface area (Å²) in [7, 11) is 1.64. The maximum Gasteiger partial charge on any atom is 0.237 e. The van der Waals surface area contributed by atoms with Crippen LogP contribution in [0.3, 0.4) is 0 Å². The van der Waals surface area contributed by atoms with Crippen LogP contribution in [-0.4, -0.2) is 40.1 Å². The van der Waals surface area contributed by atoms with Crippen molar-refractivity contribution in [3.63, 3.8) is 0 Å². The van der Waals surface area contributed by atoms with Crippen LogP contribution in [0.15, 0.2) is 96.7 Å². The van der Waals surface area contributed by atoms with Gasteiger partial charge in [0.05, 0.1) is 18.4 Å². The van der Waals surface area contributed by atoms with Crippen LogP contribution in [-0.2, 0) is 4.79 Å². The van der Waals surface area contributed by atoms with E-state index in [-0.39, 0.29) is 11.7 Å². The van der Waals surface area contributed by atoms with Gasteiger partial charge in [-0.2, -0.15) is 0 Å². The maximum atomic E-state index is 13.2. The van der Waals surface area contributed by atoms with E-state index in [1.807, 2.05) is 90.4 Å². The van der Waals surface area contributed by atoms with Crippen LogP contribution in [0.1, 0.15) is 5.56 Å². The van der Waals surface area contributed by atoms with Crippen molar-refractivity contribution in [2.24, 2.45) is 0 Å². The number of nitrogens with zero attached hydrogens (tertiary/aromatic N) is 4. The van der Waals surface area contributed by atoms with E-state index in [1.54, 1.807) is 18.1 Å². The minimum atomic E-state index is -0.0339. The van der Waals surface area contributed by atoms with Crippen molar-refractivity contribution in [1.82, 2.24) is 14.8 Å². The number of carbonyl (C=O) groups is 1. The van der Waals surface area contributed by atoms with Crippen LogP contribution >= 0.6 is 11.8 Å². The number of hydrogen-bond acceptors (Lipinski definition) is 5. The normalized spacial score (nSPS) is 10.6. The van der Waals surface area contributed by atoms with Crippen molar-refractivity contribution >= 4 is 23.4 Å². The summed E-state index contributed by atoms with van der Waals surface area (Å²) in [4.78, 5) is 14.9. The fraction of sp³-hybridized carbons (Fsp3) is 0.148. The average Bonchev–Trinajstić information content (AvgIpc) is 3.30. The molecule has 0 fully saturated rings. The zero-order valence-corrected chi connectivity index (χ0v) is 20.0. The standard InChI is InChI=1S/C27H26N4O2S/c1-4-18-30(21-10-6-5-7-11-21)25(32)19-34-27-29-28-26(23-12-8-9-13-24(23)33-3)31(27)22-16-14-20(2)15-17-22/h4-17H,1,18-19H2,2-3H3. The fourth-order valence-electron chi connectivity index (χ4n) is 3.59. The Morgan fingerprint density at radius 3 is 2.44 bits per heavy atom. The number of amides is 1. The van der Waals surface area contributed by atoms with E-state index in [9.17, 15) is 4.79 Å². The molecule has 4 aromatic rings. The number of carbonyl (C=O) groups excluding carboxylic acids is 1. The number of aryl methyl sites for hydroxylation is 1. The Hall–Kier alpha value is -3.84. The zero-order chi connectivity index (χ0) is 23.9. The molecule has 1 amide bonds. The number of anilines is 1. The molecule has 0 bridgehead atoms. The van der Waals surface area contributed by atoms with Gasteiger partial charge in [0.25, 0.3) is 0 Å². The molecule has 1 heterocycles. The molecule has 34 heavy (non-hydrogen) atoms. The molecule has 3 aromatic carbocycles. The van der Waals surface area contributed by atoms with Gasteiger partial charge >= 0.3 is 0 Å². The fourth-order valence-corrected chi connectivity index (χ4v) is 4.41. The van der Waals surface area contributed by atoms with Gasteiger partial charge in [0.1, 0.15) is 5.75 Å². The lowest BCUT2D eigenvalue weighted by Gasteiger charge is -2.21. The van der Waals surface area contributed by atoms with Crippen LogP contribution in [0, 0.1) is 6.92 Å². The summed E-state index contributed by atoms with van der Waals surface area (Å²) >= 11 is 1.36. The molecule has 0 atom stereocenters. The number of thioether (sulfide) groups is 1. The lowest BCUT2D eigenvalue weighted by molar-refractivity contribution is -0.116. The highest BCUT2D eigenvalue weighted by Crippen LogP contribution is 2.33. The van der Waals surface area contributed by atoms with E-state index in [4.69, 9.17) is 4.74 Å². The number of ether oxygens (including phenoxy) is 1. The smallest absolute Gasteiger partial charge is 0.237 e. The number of aromatic nitrogens is 3. The van der Waals surface area contributed by atoms with E-state index >= 15 is 0 Å². The largest absolute Gasteiger partial charge is 0.496 e. The summed E-state index contributed by atoms with van der Waals surface area (Å²) in [6.07, 6.45) is 1.73. The highest BCUT2D eigenvalue weighted by Gasteiger charge is 2.21. The molecule has 0 aliphatic rings. The van der Waals surface area contributed by atoms with Crippen molar-refractivity contribution < 1.29 is 9.53 Å². The second-order valence-corrected chi connectivity index (χ2v) is 8.54. The monoisotopic (exact) mass is 470 g/mol. The van der Waals surface area contributed by atoms with Crippen LogP contribution in [0.25, 0.3) is 17.1 Å². The van der Waals surface area contributed by atoms with Gasteiger partial charge in [-0.1, -0.05) is 65.9 Å². The molecular formula is C27H26N4O2S. The minimum Gasteiger partial charge on any atom is -0.496 e. The van der Waals surface area contributed by atoms with Crippen LogP contribution in [0.4, 0.5) is 5.69 Å². The van der Waals surface area contributed by atoms with E-state index < -0.39 is 0 Å². The molecule has 0 radical (unpaired) electrons. The van der Waals surface area contributed by atoms with Gasteiger partial charge in [0, 0.05) is 17.9 Å². The molecule has 0 unspecified atom stereocenters. The predicted molar refractivity (Wildman–Crippen MR) is 138 cm³/mol. The second kappa shape index (κ2) is 10.9. The Morgan fingerprint density at radius 1 is 1.03 bits per heavy atom. The number of hydrogen-bond donors (Lipinski definition) is 0. The lowest BCUT2D eigenvalue weighted by atomic mass is 10.1. The third kappa shape index (κ3) is 5.05. The second-order valence-electron chi connectivity index (χ2n) is 7.59. The highest BCUT2D eigenvalue weighted by atomic mass is 32.2. The zero-order valence-electron chi connectivity index (χ0n) is 19.2. The third-order valence-corrected chi connectivity index (χ3v) is 6.19. The lowest BCUT2D eigenvalue weighted by Crippen LogP contribution is -2.32. The first kappa shape index (κ1) is 23.3. The van der Waals surface area contributed by atoms with Crippen molar-refractivity contribution in [2.75, 3.05) is 24.3 Å². The van der Waals surface area contributed by atoms with Gasteiger partial charge in [0.2, 0.25) is 5.91 Å². The van der Waals surface area contributed by atoms with E-state index in [0.717, 1.165) is 22.5 Å². The summed E-state index contributed by atoms with van der Waals surface area (Å²) in [6.45, 7) is 6.28. The number of rotatable bonds is 9. The summed E-state index contributed by atoms with van der Waals surface area (Å²) in [5, 5.41) is 9.56. The van der Waals surface area contributed by atoms with Crippen molar-refractivity contribution in [3.8, 4) is 22.8 Å². The van der Waals surface area contributed by atoms with E-state index in [0.29, 0.717) is 23.3 Å². The molecular weight excluding hydrogens is 444 g/mol. The van der Waals surface area contributed by atoms with Gasteiger partial charge in [0.15, 0.2) is 11.0 Å². The Bertz CT molecular complexity index is 1270. The predicted octanol–water partition coefficient (Wildman–Crippen LogP) is 5.56. The van der Waals surface area contributed by atoms with Crippen molar-refractivity contribution in [1.29, 1.82) is 0 Å². The molecule has 0 aliphatic heterocycles. The number of benzene rings is 3. The molecule has 7 heteroatoms. The summed E-state index contributed by atoms with van der Waals surface area (Å²) in [5.74, 6) is 1.53. The molecule has 0 N–H and O–H groups in total. The van der Waals surface area contributed by atoms with E-state index in [1.165, 1.54) is 11.8 Å². The Labute approximate surface area is 203 Å². The van der Waals surface area contributed by atoms with Gasteiger partial charge in [-0.05, 0) is 43.3 Å². The molecule has 1 aromatic heterocycles. The minimum absolute atomic E-state index is 0.0339. The van der Waals surface area contributed by atoms with Gasteiger partial charge in [-0.3, -0.25) is 9.36 Å². The Kier molecular flexibility index (Phi) is 7.44. The molecule has 0 saturated carbocycles. The summed E-state index contributed by atoms with van der Waals surface area (Å²) in [6, 6.07) is 25.4. The van der Waals surface area contributed by atoms with Gasteiger partial charge < -0.3 is 9.64 Å². The van der Waals surface area contributed by atoms with Crippen LogP contribution in [0.2, 0.25) is 0 Å². The number of methoxy groups -OCH3 is 1. The topological polar surface area (TPSA) is 60.3 Å². The SMILES string of the molecule is C=CCN(C(=O)CSc1nnc(-c2ccccc2OC)n1-c1ccc(C)cc1)c1ccccc1. The summed E-state index contributed by atoms with van der Waals surface area (Å²) in [5.41, 5.74) is 3.73.